The van der Waals surface area contributed by atoms with E-state index in [1.165, 1.54) is 15.8 Å². The molecule has 1 aromatic heterocycles. The number of aryl methyl sites for hydroxylation is 1. The monoisotopic (exact) mass is 447 g/mol. The summed E-state index contributed by atoms with van der Waals surface area (Å²) >= 11 is 0. The van der Waals surface area contributed by atoms with Crippen LogP contribution in [0.5, 0.6) is 0 Å². The Kier molecular flexibility index (Phi) is 6.20. The van der Waals surface area contributed by atoms with E-state index in [9.17, 15) is 9.59 Å². The number of guanidine groups is 1. The highest BCUT2D eigenvalue weighted by Gasteiger charge is 2.58. The predicted molar refractivity (Wildman–Crippen MR) is 130 cm³/mol. The van der Waals surface area contributed by atoms with E-state index >= 15 is 0 Å². The van der Waals surface area contributed by atoms with Crippen LogP contribution in [0.2, 0.25) is 0 Å². The third-order valence-electron chi connectivity index (χ3n) is 7.26. The van der Waals surface area contributed by atoms with Crippen LogP contribution < -0.4 is 10.6 Å². The lowest BCUT2D eigenvalue weighted by Crippen LogP contribution is -2.38. The fraction of sp³-hybridized carbons (Fsp3) is 0.500. The number of hydrogen-bond donors (Lipinski definition) is 2. The van der Waals surface area contributed by atoms with E-state index in [4.69, 9.17) is 0 Å². The first kappa shape index (κ1) is 21.7. The van der Waals surface area contributed by atoms with Gasteiger partial charge in [-0.15, -0.1) is 0 Å². The molecule has 2 fully saturated rings. The van der Waals surface area contributed by atoms with Crippen LogP contribution in [0.1, 0.15) is 26.2 Å². The van der Waals surface area contributed by atoms with Crippen molar-refractivity contribution in [2.45, 2.75) is 32.7 Å². The van der Waals surface area contributed by atoms with E-state index in [0.717, 1.165) is 38.4 Å². The van der Waals surface area contributed by atoms with Crippen molar-refractivity contribution < 1.29 is 9.59 Å². The lowest BCUT2D eigenvalue weighted by Gasteiger charge is -2.17. The van der Waals surface area contributed by atoms with E-state index in [1.54, 1.807) is 0 Å². The number of benzene rings is 1. The largest absolute Gasteiger partial charge is 0.357 e. The molecule has 1 saturated carbocycles. The zero-order valence-electron chi connectivity index (χ0n) is 19.2. The molecule has 2 aromatic rings. The van der Waals surface area contributed by atoms with Crippen LogP contribution in [-0.2, 0) is 16.1 Å². The SMILES string of the molecule is CCNC(=NCCCN1C(=O)C2C3C=CC(C3)C2C1=O)NCCCn1ccc2ccccc21. The minimum atomic E-state index is -0.104. The molecule has 2 heterocycles. The zero-order valence-corrected chi connectivity index (χ0v) is 19.2. The van der Waals surface area contributed by atoms with Gasteiger partial charge in [0.25, 0.3) is 0 Å². The molecule has 0 spiro atoms. The van der Waals surface area contributed by atoms with Gasteiger partial charge in [-0.25, -0.2) is 0 Å². The number of nitrogens with zero attached hydrogens (tertiary/aromatic N) is 3. The molecule has 2 amide bonds. The molecule has 1 saturated heterocycles. The van der Waals surface area contributed by atoms with Gasteiger partial charge in [-0.2, -0.15) is 0 Å². The molecule has 4 atom stereocenters. The van der Waals surface area contributed by atoms with E-state index in [2.05, 4.69) is 68.9 Å². The van der Waals surface area contributed by atoms with E-state index in [1.807, 2.05) is 6.92 Å². The molecule has 3 aliphatic rings. The van der Waals surface area contributed by atoms with Crippen molar-refractivity contribution in [3.05, 3.63) is 48.7 Å². The molecule has 2 bridgehead atoms. The molecule has 33 heavy (non-hydrogen) atoms. The van der Waals surface area contributed by atoms with Gasteiger partial charge in [0.2, 0.25) is 11.8 Å². The van der Waals surface area contributed by atoms with Crippen LogP contribution in [0.4, 0.5) is 0 Å². The topological polar surface area (TPSA) is 78.7 Å². The molecular formula is C26H33N5O2. The maximum Gasteiger partial charge on any atom is 0.233 e. The van der Waals surface area contributed by atoms with Gasteiger partial charge in [-0.1, -0.05) is 30.4 Å². The smallest absolute Gasteiger partial charge is 0.233 e. The summed E-state index contributed by atoms with van der Waals surface area (Å²) in [5.74, 6) is 1.19. The average Bonchev–Trinajstić information content (AvgIpc) is 3.59. The second kappa shape index (κ2) is 9.41. The van der Waals surface area contributed by atoms with Crippen LogP contribution >= 0.6 is 0 Å². The average molecular weight is 448 g/mol. The number of nitrogens with one attached hydrogen (secondary N) is 2. The van der Waals surface area contributed by atoms with Crippen LogP contribution in [0.15, 0.2) is 53.7 Å². The lowest BCUT2D eigenvalue weighted by atomic mass is 9.85. The van der Waals surface area contributed by atoms with Crippen LogP contribution in [0.25, 0.3) is 10.9 Å². The van der Waals surface area contributed by atoms with Crippen molar-refractivity contribution in [3.8, 4) is 0 Å². The number of fused-ring (bicyclic) bond motifs is 6. The summed E-state index contributed by atoms with van der Waals surface area (Å²) in [5.41, 5.74) is 1.26. The zero-order chi connectivity index (χ0) is 22.8. The number of allylic oxidation sites excluding steroid dienone is 2. The van der Waals surface area contributed by atoms with Crippen molar-refractivity contribution in [2.75, 3.05) is 26.2 Å². The van der Waals surface area contributed by atoms with Gasteiger partial charge >= 0.3 is 0 Å². The maximum absolute atomic E-state index is 12.8. The molecule has 1 aromatic carbocycles. The summed E-state index contributed by atoms with van der Waals surface area (Å²) < 4.78 is 2.28. The standard InChI is InChI=1S/C26H33N5O2/c1-2-27-26(28-12-5-14-30-16-11-18-7-3-4-8-21(18)30)29-13-6-15-31-24(32)22-19-9-10-20(17-19)23(22)25(31)33/h3-4,7-11,16,19-20,22-23H,2,5-6,12-15,17H2,1H3,(H2,27,28,29). The molecule has 4 unspecified atom stereocenters. The van der Waals surface area contributed by atoms with Crippen molar-refractivity contribution in [3.63, 3.8) is 0 Å². The van der Waals surface area contributed by atoms with E-state index < -0.39 is 0 Å². The quantitative estimate of drug-likeness (QED) is 0.204. The van der Waals surface area contributed by atoms with Gasteiger partial charge < -0.3 is 15.2 Å². The highest BCUT2D eigenvalue weighted by atomic mass is 16.2. The van der Waals surface area contributed by atoms with Crippen molar-refractivity contribution in [2.24, 2.45) is 28.7 Å². The summed E-state index contributed by atoms with van der Waals surface area (Å²) in [6.07, 6.45) is 9.06. The van der Waals surface area contributed by atoms with E-state index in [0.29, 0.717) is 19.5 Å². The van der Waals surface area contributed by atoms with Crippen LogP contribution in [0, 0.1) is 23.7 Å². The summed E-state index contributed by atoms with van der Waals surface area (Å²) in [6.45, 7) is 5.64. The highest BCUT2D eigenvalue weighted by molar-refractivity contribution is 6.06. The van der Waals surface area contributed by atoms with Gasteiger partial charge in [0.1, 0.15) is 0 Å². The van der Waals surface area contributed by atoms with Gasteiger partial charge in [-0.3, -0.25) is 19.5 Å². The third kappa shape index (κ3) is 4.16. The summed E-state index contributed by atoms with van der Waals surface area (Å²) in [5, 5.41) is 7.95. The third-order valence-corrected chi connectivity index (χ3v) is 7.26. The molecule has 0 radical (unpaired) electrons. The minimum absolute atomic E-state index is 0.0356. The summed E-state index contributed by atoms with van der Waals surface area (Å²) in [7, 11) is 0. The Morgan fingerprint density at radius 3 is 2.52 bits per heavy atom. The molecule has 7 nitrogen and oxygen atoms in total. The van der Waals surface area contributed by atoms with E-state index in [-0.39, 0.29) is 35.5 Å². The fourth-order valence-corrected chi connectivity index (χ4v) is 5.74. The molecule has 2 aliphatic carbocycles. The molecule has 174 valence electrons. The molecular weight excluding hydrogens is 414 g/mol. The maximum atomic E-state index is 12.8. The van der Waals surface area contributed by atoms with Gasteiger partial charge in [-0.05, 0) is 55.5 Å². The Hall–Kier alpha value is -3.09. The number of imide groups is 1. The number of aliphatic imine (C=N–C) groups is 1. The van der Waals surface area contributed by atoms with Gasteiger partial charge in [0, 0.05) is 44.4 Å². The minimum Gasteiger partial charge on any atom is -0.357 e. The van der Waals surface area contributed by atoms with Crippen molar-refractivity contribution in [1.29, 1.82) is 0 Å². The molecule has 5 rings (SSSR count). The molecule has 1 aliphatic heterocycles. The number of aromatic nitrogens is 1. The predicted octanol–water partition coefficient (Wildman–Crippen LogP) is 2.78. The van der Waals surface area contributed by atoms with Gasteiger partial charge in [0.05, 0.1) is 11.8 Å². The molecule has 7 heteroatoms. The van der Waals surface area contributed by atoms with Crippen LogP contribution in [0.3, 0.4) is 0 Å². The number of carbonyl (C=O) groups is 2. The first-order chi connectivity index (χ1) is 16.2. The Balaban J connectivity index is 1.07. The van der Waals surface area contributed by atoms with Crippen LogP contribution in [-0.4, -0.2) is 53.4 Å². The second-order valence-corrected chi connectivity index (χ2v) is 9.29. The van der Waals surface area contributed by atoms with Crippen molar-refractivity contribution in [1.82, 2.24) is 20.1 Å². The Morgan fingerprint density at radius 1 is 1.00 bits per heavy atom. The Labute approximate surface area is 194 Å². The number of hydrogen-bond acceptors (Lipinski definition) is 3. The van der Waals surface area contributed by atoms with Crippen molar-refractivity contribution >= 4 is 28.7 Å². The number of amides is 2. The number of rotatable bonds is 9. The first-order valence-electron chi connectivity index (χ1n) is 12.3. The summed E-state index contributed by atoms with van der Waals surface area (Å²) in [6, 6.07) is 10.6. The number of carbonyl (C=O) groups excluding carboxylic acids is 2. The highest BCUT2D eigenvalue weighted by Crippen LogP contribution is 2.52. The fourth-order valence-electron chi connectivity index (χ4n) is 5.74. The first-order valence-corrected chi connectivity index (χ1v) is 12.3. The molecule has 2 N–H and O–H groups in total. The van der Waals surface area contributed by atoms with Gasteiger partial charge in [0.15, 0.2) is 5.96 Å². The summed E-state index contributed by atoms with van der Waals surface area (Å²) in [4.78, 5) is 31.7. The lowest BCUT2D eigenvalue weighted by molar-refractivity contribution is -0.140. The number of para-hydroxylation sites is 1. The number of likely N-dealkylation sites (tertiary alicyclic amines) is 1. The Morgan fingerprint density at radius 2 is 1.76 bits per heavy atom. The normalized spacial score (nSPS) is 26.0. The Bertz CT molecular complexity index is 1060. The second-order valence-electron chi connectivity index (χ2n) is 9.29.